The Morgan fingerprint density at radius 1 is 0.315 bits per heavy atom. The van der Waals surface area contributed by atoms with E-state index in [2.05, 4.69) is 41.8 Å². The van der Waals surface area contributed by atoms with Crippen molar-refractivity contribution < 1.29 is 87.8 Å². The Balaban J connectivity index is 1.54. The summed E-state index contributed by atoms with van der Waals surface area (Å²) in [5.74, 6) is -56.1. The van der Waals surface area contributed by atoms with Crippen LogP contribution in [0.1, 0.15) is 115 Å². The smallest absolute Gasteiger partial charge is 0.255 e. The molecule has 0 unspecified atom stereocenters. The van der Waals surface area contributed by atoms with Crippen LogP contribution in [0.25, 0.3) is 33.6 Å². The second-order valence-corrected chi connectivity index (χ2v) is 23.4. The highest BCUT2D eigenvalue weighted by molar-refractivity contribution is 9.10. The van der Waals surface area contributed by atoms with Crippen LogP contribution in [0, 0.1) is 116 Å². The molecule has 8 aromatic rings. The monoisotopic (exact) mass is 1390 g/mol. The Bertz CT molecular complexity index is 3560. The van der Waals surface area contributed by atoms with E-state index >= 15 is 70.2 Å². The van der Waals surface area contributed by atoms with Crippen LogP contribution in [-0.4, -0.2) is 23.4 Å². The van der Waals surface area contributed by atoms with Crippen molar-refractivity contribution in [2.24, 2.45) is 0 Å². The van der Waals surface area contributed by atoms with Crippen LogP contribution < -0.4 is 32.8 Å². The Morgan fingerprint density at radius 3 is 0.809 bits per heavy atom. The lowest BCUT2D eigenvalue weighted by Crippen LogP contribution is -2.59. The van der Waals surface area contributed by atoms with Crippen LogP contribution in [-0.2, 0) is 5.41 Å². The van der Waals surface area contributed by atoms with Crippen molar-refractivity contribution in [2.45, 2.75) is 109 Å². The summed E-state index contributed by atoms with van der Waals surface area (Å²) in [5, 5.41) is 0. The van der Waals surface area contributed by atoms with Gasteiger partial charge in [0.25, 0.3) is 13.4 Å². The van der Waals surface area contributed by atoms with E-state index in [0.717, 1.165) is 63.1 Å². The predicted molar refractivity (Wildman–Crippen MR) is 305 cm³/mol. The highest BCUT2D eigenvalue weighted by atomic mass is 79.9. The molecule has 0 amide bonds. The molecule has 26 heteroatoms. The van der Waals surface area contributed by atoms with Gasteiger partial charge in [0.05, 0.1) is 11.4 Å². The molecule has 0 aliphatic heterocycles. The summed E-state index contributed by atoms with van der Waals surface area (Å²) in [5.41, 5.74) is -14.9. The van der Waals surface area contributed by atoms with E-state index < -0.39 is 190 Å². The number of benzene rings is 6. The zero-order chi connectivity index (χ0) is 64.8. The summed E-state index contributed by atoms with van der Waals surface area (Å²) in [7, 11) is 0. The summed E-state index contributed by atoms with van der Waals surface area (Å²) >= 11 is 6.43. The fraction of sp³-hybridized carbons (Fsp3) is 0.270. The summed E-state index contributed by atoms with van der Waals surface area (Å²) < 4.78 is 320. The van der Waals surface area contributed by atoms with Gasteiger partial charge in [-0.05, 0) is 114 Å². The van der Waals surface area contributed by atoms with Gasteiger partial charge in [-0.2, -0.15) is 0 Å². The fourth-order valence-corrected chi connectivity index (χ4v) is 12.6. The molecule has 1 aliphatic carbocycles. The van der Waals surface area contributed by atoms with Gasteiger partial charge in [-0.1, -0.05) is 114 Å². The quantitative estimate of drug-likeness (QED) is 0.0222. The van der Waals surface area contributed by atoms with Gasteiger partial charge in [0, 0.05) is 48.6 Å². The molecule has 1 aliphatic rings. The van der Waals surface area contributed by atoms with E-state index in [0.29, 0.717) is 38.5 Å². The van der Waals surface area contributed by atoms with Gasteiger partial charge >= 0.3 is 0 Å². The normalized spacial score (nSPS) is 12.5. The third-order valence-electron chi connectivity index (χ3n) is 16.4. The molecule has 0 saturated carbocycles. The van der Waals surface area contributed by atoms with Gasteiger partial charge in [-0.15, -0.1) is 0 Å². The first-order valence-electron chi connectivity index (χ1n) is 27.9. The molecule has 0 bridgehead atoms. The molecule has 0 spiro atoms. The van der Waals surface area contributed by atoms with Gasteiger partial charge in [-0.3, -0.25) is 9.97 Å². The Hall–Kier alpha value is -6.69. The molecule has 89 heavy (non-hydrogen) atoms. The van der Waals surface area contributed by atoms with Crippen molar-refractivity contribution in [3.63, 3.8) is 0 Å². The van der Waals surface area contributed by atoms with E-state index in [-0.39, 0.29) is 44.3 Å². The summed E-state index contributed by atoms with van der Waals surface area (Å²) in [4.78, 5) is 8.74. The van der Waals surface area contributed by atoms with Crippen molar-refractivity contribution in [1.82, 2.24) is 9.97 Å². The van der Waals surface area contributed by atoms with Crippen LogP contribution in [0.5, 0.6) is 0 Å². The lowest BCUT2D eigenvalue weighted by atomic mass is 9.35. The largest absolute Gasteiger partial charge is 0.258 e. The number of pyridine rings is 2. The molecule has 0 radical (unpaired) electrons. The molecule has 2 heterocycles. The molecule has 0 saturated heterocycles. The molecule has 466 valence electrons. The van der Waals surface area contributed by atoms with E-state index in [4.69, 9.17) is 0 Å². The SMILES string of the molecule is CCCCCCCCC1(CCCCCCCC)c2cc(-c3ccc(Br)cn3)c(B(c3c(F)c(F)c(F)c(F)c3F)c3c(F)c(F)c(F)c(F)c3F)cc2-c2cc(B(c3c(F)c(F)c(F)c(F)c3F)c3c(F)c(F)c(F)c(F)c3F)c(-c3ccc(Br)cn3)cc21. The maximum Gasteiger partial charge on any atom is 0.258 e. The average Bonchev–Trinajstić information content (AvgIpc) is 1.59. The first kappa shape index (κ1) is 66.7. The van der Waals surface area contributed by atoms with Gasteiger partial charge in [-0.25, -0.2) is 87.8 Å². The van der Waals surface area contributed by atoms with Gasteiger partial charge < -0.3 is 0 Å². The number of fused-ring (bicyclic) bond motifs is 3. The van der Waals surface area contributed by atoms with E-state index in [1.807, 2.05) is 13.8 Å². The Morgan fingerprint density at radius 2 is 0.562 bits per heavy atom. The first-order valence-corrected chi connectivity index (χ1v) is 29.5. The van der Waals surface area contributed by atoms with Crippen LogP contribution in [0.2, 0.25) is 0 Å². The Kier molecular flexibility index (Phi) is 20.3. The molecule has 2 aromatic heterocycles. The number of halogens is 22. The molecule has 2 nitrogen and oxygen atoms in total. The minimum Gasteiger partial charge on any atom is -0.255 e. The third kappa shape index (κ3) is 11.9. The van der Waals surface area contributed by atoms with Crippen LogP contribution in [0.15, 0.2) is 69.9 Å². The Labute approximate surface area is 513 Å². The topological polar surface area (TPSA) is 25.8 Å². The van der Waals surface area contributed by atoms with Crippen LogP contribution in [0.4, 0.5) is 87.8 Å². The number of hydrogen-bond acceptors (Lipinski definition) is 2. The maximum absolute atomic E-state index is 16.7. The first-order chi connectivity index (χ1) is 42.3. The van der Waals surface area contributed by atoms with Gasteiger partial charge in [0.2, 0.25) is 0 Å². The highest BCUT2D eigenvalue weighted by Crippen LogP contribution is 2.56. The number of unbranched alkanes of at least 4 members (excludes halogenated alkanes) is 10. The molecule has 0 atom stereocenters. The van der Waals surface area contributed by atoms with Crippen LogP contribution in [0.3, 0.4) is 0 Å². The lowest BCUT2D eigenvalue weighted by Gasteiger charge is -2.34. The molecule has 0 N–H and O–H groups in total. The second kappa shape index (κ2) is 27.0. The van der Waals surface area contributed by atoms with Crippen molar-refractivity contribution in [3.05, 3.63) is 197 Å². The minimum absolute atomic E-state index is 0.0462. The van der Waals surface area contributed by atoms with Gasteiger partial charge in [0.1, 0.15) is 0 Å². The number of aromatic nitrogens is 2. The lowest BCUT2D eigenvalue weighted by molar-refractivity contribution is 0.382. The fourth-order valence-electron chi connectivity index (χ4n) is 12.1. The zero-order valence-electron chi connectivity index (χ0n) is 46.5. The highest BCUT2D eigenvalue weighted by Gasteiger charge is 2.49. The maximum atomic E-state index is 16.7. The minimum atomic E-state index is -3.31. The standard InChI is InChI=1S/C63H44B2Br2F20N2/c1-3-5-7-9-11-13-19-63(20-14-12-10-8-6-4-2)33-21-31(37-17-15-27(66)25-88-37)35(64(39-43(68)51(76)59(84)52(77)44(39)69)40-45(70)53(78)60(85)54(79)46(40)71)23-29(33)30-24-36(32(22-34(30)63)38-18-16-28(67)26-89-38)65(41-47(72)55(80)61(86)56(81)48(41)73)42-49(74)57(82)62(87)58(83)50(42)75/h15-18,21-26H,3-14,19-20H2,1-2H3. The number of hydrogen-bond donors (Lipinski definition) is 0. The average molecular weight is 1390 g/mol. The summed E-state index contributed by atoms with van der Waals surface area (Å²) in [6.45, 7) is -2.70. The van der Waals surface area contributed by atoms with Gasteiger partial charge in [0.15, 0.2) is 116 Å². The van der Waals surface area contributed by atoms with E-state index in [1.165, 1.54) is 36.4 Å². The second-order valence-electron chi connectivity index (χ2n) is 21.6. The number of rotatable bonds is 22. The number of nitrogens with zero attached hydrogens (tertiary/aromatic N) is 2. The van der Waals surface area contributed by atoms with Crippen LogP contribution >= 0.6 is 31.9 Å². The van der Waals surface area contributed by atoms with Crippen molar-refractivity contribution in [2.75, 3.05) is 0 Å². The van der Waals surface area contributed by atoms with E-state index in [9.17, 15) is 17.6 Å². The summed E-state index contributed by atoms with van der Waals surface area (Å²) in [6.07, 6.45) is 9.95. The van der Waals surface area contributed by atoms with E-state index in [1.54, 1.807) is 0 Å². The summed E-state index contributed by atoms with van der Waals surface area (Å²) in [6, 6.07) is 8.94. The molecular formula is C63H44B2Br2F20N2. The molecule has 6 aromatic carbocycles. The zero-order valence-corrected chi connectivity index (χ0v) is 49.7. The third-order valence-corrected chi connectivity index (χ3v) is 17.3. The molecule has 9 rings (SSSR count). The predicted octanol–water partition coefficient (Wildman–Crippen LogP) is 16.9. The molecule has 0 fully saturated rings. The van der Waals surface area contributed by atoms with Crippen molar-refractivity contribution in [3.8, 4) is 33.6 Å². The molecular weight excluding hydrogens is 1350 g/mol. The van der Waals surface area contributed by atoms with Crippen molar-refractivity contribution in [1.29, 1.82) is 0 Å². The van der Waals surface area contributed by atoms with Crippen molar-refractivity contribution >= 4 is 78.1 Å².